The summed E-state index contributed by atoms with van der Waals surface area (Å²) in [5, 5.41) is 3.37. The molecule has 0 radical (unpaired) electrons. The highest BCUT2D eigenvalue weighted by atomic mass is 32.2. The van der Waals surface area contributed by atoms with E-state index in [4.69, 9.17) is 0 Å². The Kier molecular flexibility index (Phi) is 8.91. The van der Waals surface area contributed by atoms with E-state index in [9.17, 15) is 4.79 Å². The van der Waals surface area contributed by atoms with Crippen LogP contribution in [0.4, 0.5) is 0 Å². The molecule has 4 heteroatoms. The van der Waals surface area contributed by atoms with Gasteiger partial charge in [-0.05, 0) is 38.3 Å². The third kappa shape index (κ3) is 8.75. The smallest absolute Gasteiger partial charge is 0.223 e. The largest absolute Gasteiger partial charge is 0.349 e. The standard InChI is InChI=1S/C11H24N2OS/c1-10(9-11(14)13(2)3)12-7-5-6-8-15-4/h10,12H,5-9H2,1-4H3. The van der Waals surface area contributed by atoms with Gasteiger partial charge in [0.2, 0.25) is 5.91 Å². The van der Waals surface area contributed by atoms with E-state index in [1.807, 2.05) is 11.8 Å². The highest BCUT2D eigenvalue weighted by Crippen LogP contribution is 1.99. The number of unbranched alkanes of at least 4 members (excludes halogenated alkanes) is 1. The Balaban J connectivity index is 3.41. The van der Waals surface area contributed by atoms with Gasteiger partial charge in [-0.15, -0.1) is 0 Å². The van der Waals surface area contributed by atoms with E-state index in [1.54, 1.807) is 19.0 Å². The van der Waals surface area contributed by atoms with Gasteiger partial charge in [0.15, 0.2) is 0 Å². The Morgan fingerprint density at radius 2 is 2.07 bits per heavy atom. The third-order valence-corrected chi connectivity index (χ3v) is 2.94. The minimum Gasteiger partial charge on any atom is -0.349 e. The molecule has 1 amide bonds. The molecule has 0 saturated heterocycles. The summed E-state index contributed by atoms with van der Waals surface area (Å²) in [5.41, 5.74) is 0. The molecule has 0 heterocycles. The summed E-state index contributed by atoms with van der Waals surface area (Å²) in [6.45, 7) is 3.08. The van der Waals surface area contributed by atoms with Gasteiger partial charge in [-0.1, -0.05) is 0 Å². The van der Waals surface area contributed by atoms with Crippen molar-refractivity contribution in [2.24, 2.45) is 0 Å². The number of nitrogens with zero attached hydrogens (tertiary/aromatic N) is 1. The molecule has 0 aliphatic carbocycles. The first-order chi connectivity index (χ1) is 7.07. The zero-order chi connectivity index (χ0) is 11.7. The number of amides is 1. The van der Waals surface area contributed by atoms with E-state index in [2.05, 4.69) is 18.5 Å². The third-order valence-electron chi connectivity index (χ3n) is 2.25. The van der Waals surface area contributed by atoms with Crippen LogP contribution in [0.25, 0.3) is 0 Å². The summed E-state index contributed by atoms with van der Waals surface area (Å²) in [4.78, 5) is 13.0. The van der Waals surface area contributed by atoms with Crippen molar-refractivity contribution in [2.45, 2.75) is 32.2 Å². The molecule has 0 spiro atoms. The fourth-order valence-corrected chi connectivity index (χ4v) is 1.73. The Hall–Kier alpha value is -0.220. The summed E-state index contributed by atoms with van der Waals surface area (Å²) in [6.07, 6.45) is 5.17. The van der Waals surface area contributed by atoms with Gasteiger partial charge in [-0.25, -0.2) is 0 Å². The molecule has 3 nitrogen and oxygen atoms in total. The number of nitrogens with one attached hydrogen (secondary N) is 1. The first kappa shape index (κ1) is 14.8. The lowest BCUT2D eigenvalue weighted by molar-refractivity contribution is -0.129. The zero-order valence-electron chi connectivity index (χ0n) is 10.4. The molecule has 15 heavy (non-hydrogen) atoms. The van der Waals surface area contributed by atoms with Crippen molar-refractivity contribution in [3.8, 4) is 0 Å². The summed E-state index contributed by atoms with van der Waals surface area (Å²) >= 11 is 1.89. The maximum atomic E-state index is 11.4. The number of hydrogen-bond donors (Lipinski definition) is 1. The average molecular weight is 232 g/mol. The Morgan fingerprint density at radius 3 is 2.60 bits per heavy atom. The Labute approximate surface area is 98.0 Å². The molecule has 0 aromatic rings. The fraction of sp³-hybridized carbons (Fsp3) is 0.909. The van der Waals surface area contributed by atoms with E-state index in [0.717, 1.165) is 6.54 Å². The maximum Gasteiger partial charge on any atom is 0.223 e. The SMILES string of the molecule is CSCCCCNC(C)CC(=O)N(C)C. The van der Waals surface area contributed by atoms with Gasteiger partial charge < -0.3 is 10.2 Å². The van der Waals surface area contributed by atoms with Crippen molar-refractivity contribution in [1.29, 1.82) is 0 Å². The maximum absolute atomic E-state index is 11.4. The molecule has 0 fully saturated rings. The zero-order valence-corrected chi connectivity index (χ0v) is 11.2. The van der Waals surface area contributed by atoms with Crippen LogP contribution in [0.15, 0.2) is 0 Å². The molecular formula is C11H24N2OS. The number of rotatable bonds is 8. The first-order valence-corrected chi connectivity index (χ1v) is 6.89. The average Bonchev–Trinajstić information content (AvgIpc) is 2.17. The van der Waals surface area contributed by atoms with Crippen LogP contribution in [0.2, 0.25) is 0 Å². The van der Waals surface area contributed by atoms with E-state index < -0.39 is 0 Å². The molecule has 0 aromatic carbocycles. The van der Waals surface area contributed by atoms with Gasteiger partial charge in [0.25, 0.3) is 0 Å². The van der Waals surface area contributed by atoms with Crippen molar-refractivity contribution >= 4 is 17.7 Å². The van der Waals surface area contributed by atoms with E-state index in [0.29, 0.717) is 6.42 Å². The van der Waals surface area contributed by atoms with Crippen molar-refractivity contribution < 1.29 is 4.79 Å². The number of thioether (sulfide) groups is 1. The molecule has 0 rings (SSSR count). The second kappa shape index (κ2) is 9.04. The summed E-state index contributed by atoms with van der Waals surface area (Å²) in [6, 6.07) is 0.286. The van der Waals surface area contributed by atoms with Gasteiger partial charge in [0.1, 0.15) is 0 Å². The van der Waals surface area contributed by atoms with Crippen molar-refractivity contribution in [3.05, 3.63) is 0 Å². The highest BCUT2D eigenvalue weighted by molar-refractivity contribution is 7.98. The molecular weight excluding hydrogens is 208 g/mol. The first-order valence-electron chi connectivity index (χ1n) is 5.50. The Morgan fingerprint density at radius 1 is 1.40 bits per heavy atom. The number of carbonyl (C=O) groups excluding carboxylic acids is 1. The predicted molar refractivity (Wildman–Crippen MR) is 68.4 cm³/mol. The van der Waals surface area contributed by atoms with Crippen molar-refractivity contribution in [3.63, 3.8) is 0 Å². The minimum atomic E-state index is 0.194. The number of carbonyl (C=O) groups is 1. The van der Waals surface area contributed by atoms with Crippen LogP contribution in [-0.2, 0) is 4.79 Å². The monoisotopic (exact) mass is 232 g/mol. The topological polar surface area (TPSA) is 32.3 Å². The molecule has 1 unspecified atom stereocenters. The predicted octanol–water partition coefficient (Wildman–Crippen LogP) is 1.59. The van der Waals surface area contributed by atoms with Gasteiger partial charge in [-0.2, -0.15) is 11.8 Å². The van der Waals surface area contributed by atoms with E-state index in [1.165, 1.54) is 18.6 Å². The molecule has 0 aliphatic rings. The van der Waals surface area contributed by atoms with Crippen LogP contribution in [0.1, 0.15) is 26.2 Å². The molecule has 0 aromatic heterocycles. The van der Waals surface area contributed by atoms with Crippen LogP contribution in [0.3, 0.4) is 0 Å². The molecule has 1 atom stereocenters. The summed E-state index contributed by atoms with van der Waals surface area (Å²) in [7, 11) is 3.60. The fourth-order valence-electron chi connectivity index (χ4n) is 1.24. The van der Waals surface area contributed by atoms with Crippen molar-refractivity contribution in [1.82, 2.24) is 10.2 Å². The molecule has 90 valence electrons. The Bertz CT molecular complexity index is 174. The van der Waals surface area contributed by atoms with E-state index >= 15 is 0 Å². The molecule has 0 saturated carbocycles. The lowest BCUT2D eigenvalue weighted by atomic mass is 10.2. The van der Waals surface area contributed by atoms with Gasteiger partial charge >= 0.3 is 0 Å². The number of hydrogen-bond acceptors (Lipinski definition) is 3. The van der Waals surface area contributed by atoms with Crippen LogP contribution in [-0.4, -0.2) is 49.5 Å². The highest BCUT2D eigenvalue weighted by Gasteiger charge is 2.09. The van der Waals surface area contributed by atoms with Gasteiger partial charge in [0, 0.05) is 26.6 Å². The summed E-state index contributed by atoms with van der Waals surface area (Å²) in [5.74, 6) is 1.42. The lowest BCUT2D eigenvalue weighted by Crippen LogP contribution is -2.33. The van der Waals surface area contributed by atoms with Crippen LogP contribution >= 0.6 is 11.8 Å². The van der Waals surface area contributed by atoms with E-state index in [-0.39, 0.29) is 11.9 Å². The molecule has 0 bridgehead atoms. The second-order valence-electron chi connectivity index (χ2n) is 4.05. The quantitative estimate of drug-likeness (QED) is 0.645. The minimum absolute atomic E-state index is 0.194. The van der Waals surface area contributed by atoms with Gasteiger partial charge in [0.05, 0.1) is 0 Å². The normalized spacial score (nSPS) is 12.5. The summed E-state index contributed by atoms with van der Waals surface area (Å²) < 4.78 is 0. The van der Waals surface area contributed by atoms with Crippen LogP contribution < -0.4 is 5.32 Å². The lowest BCUT2D eigenvalue weighted by Gasteiger charge is -2.16. The van der Waals surface area contributed by atoms with Gasteiger partial charge in [-0.3, -0.25) is 4.79 Å². The van der Waals surface area contributed by atoms with Crippen molar-refractivity contribution in [2.75, 3.05) is 32.6 Å². The molecule has 0 aliphatic heterocycles. The van der Waals surface area contributed by atoms with Crippen LogP contribution in [0, 0.1) is 0 Å². The van der Waals surface area contributed by atoms with Crippen LogP contribution in [0.5, 0.6) is 0 Å². The second-order valence-corrected chi connectivity index (χ2v) is 5.03. The molecule has 1 N–H and O–H groups in total.